The second-order valence-corrected chi connectivity index (χ2v) is 7.19. The van der Waals surface area contributed by atoms with E-state index in [2.05, 4.69) is 57.3 Å². The molecule has 0 saturated carbocycles. The first-order chi connectivity index (χ1) is 10.0. The van der Waals surface area contributed by atoms with Gasteiger partial charge in [-0.15, -0.1) is 0 Å². The third kappa shape index (κ3) is 4.31. The van der Waals surface area contributed by atoms with Crippen molar-refractivity contribution < 1.29 is 4.74 Å². The fraction of sp³-hybridized carbons (Fsp3) is 0.684. The van der Waals surface area contributed by atoms with Crippen molar-refractivity contribution in [1.82, 2.24) is 5.32 Å². The van der Waals surface area contributed by atoms with E-state index in [1.165, 1.54) is 11.1 Å². The first kappa shape index (κ1) is 16.5. The van der Waals surface area contributed by atoms with Gasteiger partial charge in [0.25, 0.3) is 0 Å². The molecule has 0 bridgehead atoms. The molecule has 118 valence electrons. The Hall–Kier alpha value is -0.860. The monoisotopic (exact) mass is 289 g/mol. The Morgan fingerprint density at radius 1 is 1.05 bits per heavy atom. The summed E-state index contributed by atoms with van der Waals surface area (Å²) in [5, 5.41) is 3.68. The lowest BCUT2D eigenvalue weighted by atomic mass is 9.73. The van der Waals surface area contributed by atoms with Gasteiger partial charge in [0.2, 0.25) is 0 Å². The van der Waals surface area contributed by atoms with Gasteiger partial charge < -0.3 is 10.1 Å². The van der Waals surface area contributed by atoms with E-state index in [0.29, 0.717) is 11.8 Å². The molecule has 0 spiro atoms. The van der Waals surface area contributed by atoms with E-state index in [1.54, 1.807) is 0 Å². The molecular weight excluding hydrogens is 258 g/mol. The largest absolute Gasteiger partial charge is 0.381 e. The Balaban J connectivity index is 2.14. The van der Waals surface area contributed by atoms with Crippen molar-refractivity contribution in [2.24, 2.45) is 5.92 Å². The van der Waals surface area contributed by atoms with E-state index >= 15 is 0 Å². The SMILES string of the molecule is CC(C)CNCC1(c2ccc(C(C)C)cc2)CCOCC1. The number of ether oxygens (including phenoxy) is 1. The van der Waals surface area contributed by atoms with Crippen LogP contribution in [0.15, 0.2) is 24.3 Å². The van der Waals surface area contributed by atoms with E-state index < -0.39 is 0 Å². The second kappa shape index (κ2) is 7.42. The summed E-state index contributed by atoms with van der Waals surface area (Å²) >= 11 is 0. The van der Waals surface area contributed by atoms with Crippen molar-refractivity contribution in [2.45, 2.75) is 51.9 Å². The minimum Gasteiger partial charge on any atom is -0.381 e. The first-order valence-corrected chi connectivity index (χ1v) is 8.42. The fourth-order valence-corrected chi connectivity index (χ4v) is 3.15. The van der Waals surface area contributed by atoms with Gasteiger partial charge >= 0.3 is 0 Å². The Kier molecular flexibility index (Phi) is 5.83. The molecule has 0 unspecified atom stereocenters. The van der Waals surface area contributed by atoms with Crippen LogP contribution in [0, 0.1) is 5.92 Å². The molecular formula is C19H31NO. The normalized spacial score (nSPS) is 18.4. The average Bonchev–Trinajstić information content (AvgIpc) is 2.48. The van der Waals surface area contributed by atoms with Crippen molar-refractivity contribution in [1.29, 1.82) is 0 Å². The highest BCUT2D eigenvalue weighted by molar-refractivity contribution is 5.31. The highest BCUT2D eigenvalue weighted by atomic mass is 16.5. The third-order valence-corrected chi connectivity index (χ3v) is 4.66. The van der Waals surface area contributed by atoms with Crippen LogP contribution in [0.4, 0.5) is 0 Å². The summed E-state index contributed by atoms with van der Waals surface area (Å²) < 4.78 is 5.61. The molecule has 1 fully saturated rings. The van der Waals surface area contributed by atoms with Gasteiger partial charge in [0.1, 0.15) is 0 Å². The van der Waals surface area contributed by atoms with Crippen LogP contribution in [0.1, 0.15) is 57.6 Å². The van der Waals surface area contributed by atoms with Crippen molar-refractivity contribution in [3.8, 4) is 0 Å². The predicted octanol–water partition coefficient (Wildman–Crippen LogP) is 4.10. The van der Waals surface area contributed by atoms with Gasteiger partial charge in [0, 0.05) is 25.2 Å². The quantitative estimate of drug-likeness (QED) is 0.851. The zero-order valence-corrected chi connectivity index (χ0v) is 14.1. The standard InChI is InChI=1S/C19H31NO/c1-15(2)13-20-14-19(9-11-21-12-10-19)18-7-5-17(6-8-18)16(3)4/h5-8,15-16,20H,9-14H2,1-4H3. The Labute approximate surface area is 130 Å². The number of benzene rings is 1. The van der Waals surface area contributed by atoms with Crippen molar-refractivity contribution in [3.63, 3.8) is 0 Å². The van der Waals surface area contributed by atoms with E-state index in [-0.39, 0.29) is 5.41 Å². The summed E-state index contributed by atoms with van der Waals surface area (Å²) in [5.74, 6) is 1.30. The lowest BCUT2D eigenvalue weighted by Gasteiger charge is -2.38. The van der Waals surface area contributed by atoms with Crippen molar-refractivity contribution in [3.05, 3.63) is 35.4 Å². The zero-order valence-electron chi connectivity index (χ0n) is 14.1. The van der Waals surface area contributed by atoms with Crippen LogP contribution in [0.5, 0.6) is 0 Å². The van der Waals surface area contributed by atoms with Crippen LogP contribution < -0.4 is 5.32 Å². The van der Waals surface area contributed by atoms with E-state index in [0.717, 1.165) is 39.1 Å². The molecule has 1 aromatic carbocycles. The smallest absolute Gasteiger partial charge is 0.0475 e. The summed E-state index contributed by atoms with van der Waals surface area (Å²) in [4.78, 5) is 0. The Bertz CT molecular complexity index is 416. The van der Waals surface area contributed by atoms with Crippen LogP contribution in [-0.2, 0) is 10.2 Å². The molecule has 2 rings (SSSR count). The van der Waals surface area contributed by atoms with E-state index in [9.17, 15) is 0 Å². The van der Waals surface area contributed by atoms with Gasteiger partial charge in [0.05, 0.1) is 0 Å². The molecule has 1 saturated heterocycles. The highest BCUT2D eigenvalue weighted by Crippen LogP contribution is 2.35. The summed E-state index contributed by atoms with van der Waals surface area (Å²) in [6.07, 6.45) is 2.25. The maximum atomic E-state index is 5.61. The van der Waals surface area contributed by atoms with Crippen LogP contribution in [-0.4, -0.2) is 26.3 Å². The van der Waals surface area contributed by atoms with Crippen molar-refractivity contribution >= 4 is 0 Å². The lowest BCUT2D eigenvalue weighted by Crippen LogP contribution is -2.43. The van der Waals surface area contributed by atoms with Gasteiger partial charge in [-0.1, -0.05) is 52.0 Å². The fourth-order valence-electron chi connectivity index (χ4n) is 3.15. The van der Waals surface area contributed by atoms with Crippen LogP contribution in [0.2, 0.25) is 0 Å². The molecule has 0 aliphatic carbocycles. The number of rotatable bonds is 6. The third-order valence-electron chi connectivity index (χ3n) is 4.66. The minimum absolute atomic E-state index is 0.253. The maximum Gasteiger partial charge on any atom is 0.0475 e. The van der Waals surface area contributed by atoms with Gasteiger partial charge in [-0.3, -0.25) is 0 Å². The van der Waals surface area contributed by atoms with Crippen LogP contribution in [0.3, 0.4) is 0 Å². The van der Waals surface area contributed by atoms with Crippen molar-refractivity contribution in [2.75, 3.05) is 26.3 Å². The maximum absolute atomic E-state index is 5.61. The summed E-state index contributed by atoms with van der Waals surface area (Å²) in [6, 6.07) is 9.30. The van der Waals surface area contributed by atoms with Gasteiger partial charge in [0.15, 0.2) is 0 Å². The topological polar surface area (TPSA) is 21.3 Å². The highest BCUT2D eigenvalue weighted by Gasteiger charge is 2.34. The second-order valence-electron chi connectivity index (χ2n) is 7.19. The first-order valence-electron chi connectivity index (χ1n) is 8.42. The molecule has 0 atom stereocenters. The molecule has 1 N–H and O–H groups in total. The zero-order chi connectivity index (χ0) is 15.3. The van der Waals surface area contributed by atoms with Crippen LogP contribution >= 0.6 is 0 Å². The Morgan fingerprint density at radius 2 is 1.67 bits per heavy atom. The molecule has 1 aliphatic rings. The molecule has 0 aromatic heterocycles. The average molecular weight is 289 g/mol. The van der Waals surface area contributed by atoms with Gasteiger partial charge in [-0.2, -0.15) is 0 Å². The van der Waals surface area contributed by atoms with Crippen LogP contribution in [0.25, 0.3) is 0 Å². The molecule has 21 heavy (non-hydrogen) atoms. The number of nitrogens with one attached hydrogen (secondary N) is 1. The van der Waals surface area contributed by atoms with E-state index in [1.807, 2.05) is 0 Å². The molecule has 0 radical (unpaired) electrons. The molecule has 2 heteroatoms. The summed E-state index contributed by atoms with van der Waals surface area (Å²) in [5.41, 5.74) is 3.16. The molecule has 1 aromatic rings. The number of hydrogen-bond acceptors (Lipinski definition) is 2. The van der Waals surface area contributed by atoms with Gasteiger partial charge in [-0.05, 0) is 42.3 Å². The molecule has 1 aliphatic heterocycles. The number of hydrogen-bond donors (Lipinski definition) is 1. The lowest BCUT2D eigenvalue weighted by molar-refractivity contribution is 0.0497. The molecule has 0 amide bonds. The van der Waals surface area contributed by atoms with E-state index in [4.69, 9.17) is 4.74 Å². The molecule has 2 nitrogen and oxygen atoms in total. The predicted molar refractivity (Wildman–Crippen MR) is 90.0 cm³/mol. The summed E-state index contributed by atoms with van der Waals surface area (Å²) in [6.45, 7) is 13.0. The molecule has 1 heterocycles. The minimum atomic E-state index is 0.253. The Morgan fingerprint density at radius 3 is 2.19 bits per heavy atom. The summed E-state index contributed by atoms with van der Waals surface area (Å²) in [7, 11) is 0. The van der Waals surface area contributed by atoms with Gasteiger partial charge in [-0.25, -0.2) is 0 Å².